The molecule has 3 rings (SSSR count). The highest BCUT2D eigenvalue weighted by atomic mass is 35.5. The predicted octanol–water partition coefficient (Wildman–Crippen LogP) is 4.47. The fourth-order valence-corrected chi connectivity index (χ4v) is 3.56. The molecule has 0 N–H and O–H groups in total. The first-order valence-corrected chi connectivity index (χ1v) is 9.95. The van der Waals surface area contributed by atoms with Crippen molar-refractivity contribution >= 4 is 28.8 Å². The maximum atomic E-state index is 12.4. The third-order valence-electron chi connectivity index (χ3n) is 4.05. The molecule has 0 radical (unpaired) electrons. The molecule has 0 unspecified atom stereocenters. The van der Waals surface area contributed by atoms with Crippen molar-refractivity contribution < 1.29 is 9.53 Å². The van der Waals surface area contributed by atoms with Crippen LogP contribution >= 0.6 is 22.9 Å². The molecule has 0 aliphatic heterocycles. The number of thiazole rings is 1. The second-order valence-corrected chi connectivity index (χ2v) is 7.57. The van der Waals surface area contributed by atoms with E-state index in [9.17, 15) is 4.79 Å². The molecule has 1 aromatic heterocycles. The van der Waals surface area contributed by atoms with Gasteiger partial charge in [-0.05, 0) is 23.8 Å². The zero-order valence-electron chi connectivity index (χ0n) is 15.1. The number of nitrogens with zero attached hydrogens (tertiary/aromatic N) is 2. The van der Waals surface area contributed by atoms with Crippen molar-refractivity contribution in [2.24, 2.45) is 0 Å². The van der Waals surface area contributed by atoms with Crippen LogP contribution in [0.2, 0.25) is 5.02 Å². The van der Waals surface area contributed by atoms with E-state index in [0.717, 1.165) is 17.1 Å². The van der Waals surface area contributed by atoms with E-state index in [1.54, 1.807) is 35.4 Å². The lowest BCUT2D eigenvalue weighted by molar-refractivity contribution is -0.129. The van der Waals surface area contributed by atoms with Crippen molar-refractivity contribution in [1.82, 2.24) is 9.88 Å². The number of halogens is 1. The Balaban J connectivity index is 1.45. The molecule has 0 aliphatic carbocycles. The van der Waals surface area contributed by atoms with E-state index in [4.69, 9.17) is 16.3 Å². The second kappa shape index (κ2) is 9.53. The number of amides is 1. The van der Waals surface area contributed by atoms with Gasteiger partial charge in [0, 0.05) is 23.9 Å². The Morgan fingerprint density at radius 1 is 1.19 bits per heavy atom. The second-order valence-electron chi connectivity index (χ2n) is 6.19. The Hall–Kier alpha value is -2.37. The van der Waals surface area contributed by atoms with Crippen LogP contribution in [0.4, 0.5) is 0 Å². The minimum atomic E-state index is 0.0289. The number of likely N-dealkylation sites (N-methyl/N-ethyl adjacent to an activating group) is 1. The third-order valence-corrected chi connectivity index (χ3v) is 5.18. The molecule has 1 heterocycles. The molecule has 0 bridgehead atoms. The largest absolute Gasteiger partial charge is 0.492 e. The van der Waals surface area contributed by atoms with E-state index >= 15 is 0 Å². The molecular formula is C21H21ClN2O2S. The molecule has 1 amide bonds. The van der Waals surface area contributed by atoms with Crippen LogP contribution in [0.1, 0.15) is 16.3 Å². The van der Waals surface area contributed by atoms with Crippen molar-refractivity contribution in [3.05, 3.63) is 81.3 Å². The standard InChI is InChI=1S/C21H21ClN2O2S/c1-24(10-11-26-19-9-5-8-17(22)13-19)21(25)14-18-15-27-20(23-18)12-16-6-3-2-4-7-16/h2-9,13,15H,10-12,14H2,1H3. The van der Waals surface area contributed by atoms with Gasteiger partial charge in [0.25, 0.3) is 0 Å². The van der Waals surface area contributed by atoms with Gasteiger partial charge in [-0.15, -0.1) is 11.3 Å². The van der Waals surface area contributed by atoms with Gasteiger partial charge in [0.2, 0.25) is 5.91 Å². The molecule has 27 heavy (non-hydrogen) atoms. The summed E-state index contributed by atoms with van der Waals surface area (Å²) in [6.07, 6.45) is 1.10. The van der Waals surface area contributed by atoms with E-state index in [1.165, 1.54) is 5.56 Å². The maximum Gasteiger partial charge on any atom is 0.228 e. The average molecular weight is 401 g/mol. The maximum absolute atomic E-state index is 12.4. The number of hydrogen-bond acceptors (Lipinski definition) is 4. The number of aromatic nitrogens is 1. The van der Waals surface area contributed by atoms with Gasteiger partial charge < -0.3 is 9.64 Å². The summed E-state index contributed by atoms with van der Waals surface area (Å²) < 4.78 is 5.64. The molecule has 6 heteroatoms. The summed E-state index contributed by atoms with van der Waals surface area (Å²) in [6, 6.07) is 17.4. The van der Waals surface area contributed by atoms with Gasteiger partial charge in [0.15, 0.2) is 0 Å². The summed E-state index contributed by atoms with van der Waals surface area (Å²) >= 11 is 7.53. The highest BCUT2D eigenvalue weighted by Crippen LogP contribution is 2.17. The first kappa shape index (κ1) is 19.4. The third kappa shape index (κ3) is 6.08. The van der Waals surface area contributed by atoms with Crippen molar-refractivity contribution in [2.75, 3.05) is 20.2 Å². The van der Waals surface area contributed by atoms with Gasteiger partial charge in [0.1, 0.15) is 12.4 Å². The number of carbonyl (C=O) groups is 1. The monoisotopic (exact) mass is 400 g/mol. The molecule has 0 fully saturated rings. The van der Waals surface area contributed by atoms with Gasteiger partial charge in [-0.3, -0.25) is 4.79 Å². The molecule has 140 valence electrons. The topological polar surface area (TPSA) is 42.4 Å². The van der Waals surface area contributed by atoms with Gasteiger partial charge in [0.05, 0.1) is 23.7 Å². The van der Waals surface area contributed by atoms with Crippen LogP contribution in [0.15, 0.2) is 60.0 Å². The summed E-state index contributed by atoms with van der Waals surface area (Å²) in [5.41, 5.74) is 2.04. The van der Waals surface area contributed by atoms with Crippen molar-refractivity contribution in [1.29, 1.82) is 0 Å². The zero-order chi connectivity index (χ0) is 19.1. The lowest BCUT2D eigenvalue weighted by atomic mass is 10.2. The van der Waals surface area contributed by atoms with E-state index in [-0.39, 0.29) is 5.91 Å². The van der Waals surface area contributed by atoms with Crippen LogP contribution in [0.5, 0.6) is 5.75 Å². The molecule has 0 aliphatic rings. The van der Waals surface area contributed by atoms with E-state index in [2.05, 4.69) is 17.1 Å². The lowest BCUT2D eigenvalue weighted by Crippen LogP contribution is -2.32. The molecule has 4 nitrogen and oxygen atoms in total. The zero-order valence-corrected chi connectivity index (χ0v) is 16.7. The van der Waals surface area contributed by atoms with E-state index in [0.29, 0.717) is 30.3 Å². The Labute approximate surface area is 168 Å². The van der Waals surface area contributed by atoms with Crippen molar-refractivity contribution in [3.63, 3.8) is 0 Å². The highest BCUT2D eigenvalue weighted by molar-refractivity contribution is 7.09. The first-order valence-electron chi connectivity index (χ1n) is 8.69. The molecular weight excluding hydrogens is 380 g/mol. The van der Waals surface area contributed by atoms with Gasteiger partial charge >= 0.3 is 0 Å². The van der Waals surface area contributed by atoms with Crippen LogP contribution in [-0.4, -0.2) is 36.0 Å². The van der Waals surface area contributed by atoms with Gasteiger partial charge in [-0.25, -0.2) is 4.98 Å². The number of benzene rings is 2. The quantitative estimate of drug-likeness (QED) is 0.560. The summed E-state index contributed by atoms with van der Waals surface area (Å²) in [7, 11) is 1.78. The number of carbonyl (C=O) groups excluding carboxylic acids is 1. The molecule has 3 aromatic rings. The number of hydrogen-bond donors (Lipinski definition) is 0. The minimum Gasteiger partial charge on any atom is -0.492 e. The Morgan fingerprint density at radius 3 is 2.78 bits per heavy atom. The predicted molar refractivity (Wildman–Crippen MR) is 110 cm³/mol. The molecule has 2 aromatic carbocycles. The van der Waals surface area contributed by atoms with Crippen molar-refractivity contribution in [3.8, 4) is 5.75 Å². The van der Waals surface area contributed by atoms with E-state index < -0.39 is 0 Å². The smallest absolute Gasteiger partial charge is 0.228 e. The molecule has 0 atom stereocenters. The summed E-state index contributed by atoms with van der Waals surface area (Å²) in [5, 5.41) is 3.62. The van der Waals surface area contributed by atoms with E-state index in [1.807, 2.05) is 35.7 Å². The lowest BCUT2D eigenvalue weighted by Gasteiger charge is -2.17. The van der Waals surface area contributed by atoms with Crippen LogP contribution in [-0.2, 0) is 17.6 Å². The van der Waals surface area contributed by atoms with Crippen LogP contribution in [0.25, 0.3) is 0 Å². The fourth-order valence-electron chi connectivity index (χ4n) is 2.55. The summed E-state index contributed by atoms with van der Waals surface area (Å²) in [5.74, 6) is 0.731. The van der Waals surface area contributed by atoms with Crippen LogP contribution in [0.3, 0.4) is 0 Å². The first-order chi connectivity index (χ1) is 13.1. The molecule has 0 spiro atoms. The van der Waals surface area contributed by atoms with Gasteiger partial charge in [-0.1, -0.05) is 48.0 Å². The normalized spacial score (nSPS) is 10.6. The molecule has 0 saturated heterocycles. The van der Waals surface area contributed by atoms with Crippen LogP contribution in [0, 0.1) is 0 Å². The number of ether oxygens (including phenoxy) is 1. The molecule has 0 saturated carbocycles. The van der Waals surface area contributed by atoms with Gasteiger partial charge in [-0.2, -0.15) is 0 Å². The SMILES string of the molecule is CN(CCOc1cccc(Cl)c1)C(=O)Cc1csc(Cc2ccccc2)n1. The Kier molecular flexibility index (Phi) is 6.85. The Morgan fingerprint density at radius 2 is 2.00 bits per heavy atom. The summed E-state index contributed by atoms with van der Waals surface area (Å²) in [4.78, 5) is 18.6. The average Bonchev–Trinajstić information content (AvgIpc) is 3.09. The summed E-state index contributed by atoms with van der Waals surface area (Å²) in [6.45, 7) is 0.922. The number of rotatable bonds is 8. The van der Waals surface area contributed by atoms with Crippen LogP contribution < -0.4 is 4.74 Å². The fraction of sp³-hybridized carbons (Fsp3) is 0.238. The Bertz CT molecular complexity index is 883. The minimum absolute atomic E-state index is 0.0289. The highest BCUT2D eigenvalue weighted by Gasteiger charge is 2.12. The van der Waals surface area contributed by atoms with Crippen molar-refractivity contribution in [2.45, 2.75) is 12.8 Å².